The molecule has 1 fully saturated rings. The van der Waals surface area contributed by atoms with Gasteiger partial charge in [-0.1, -0.05) is 24.3 Å². The Morgan fingerprint density at radius 3 is 2.17 bits per heavy atom. The Kier molecular flexibility index (Phi) is 5.05. The van der Waals surface area contributed by atoms with E-state index in [2.05, 4.69) is 17.0 Å². The third-order valence-corrected chi connectivity index (χ3v) is 6.39. The summed E-state index contributed by atoms with van der Waals surface area (Å²) in [5.74, 6) is 0. The molecule has 1 heterocycles. The first kappa shape index (κ1) is 16.5. The van der Waals surface area contributed by atoms with Gasteiger partial charge in [0.15, 0.2) is 0 Å². The van der Waals surface area contributed by atoms with E-state index in [1.54, 1.807) is 0 Å². The fraction of sp³-hybridized carbons (Fsp3) is 0.444. The summed E-state index contributed by atoms with van der Waals surface area (Å²) in [6, 6.07) is 12.1. The Morgan fingerprint density at radius 2 is 1.57 bits per heavy atom. The van der Waals surface area contributed by atoms with E-state index in [0.717, 1.165) is 23.9 Å². The molecule has 0 radical (unpaired) electrons. The highest BCUT2D eigenvalue weighted by molar-refractivity contribution is 7.62. The molecule has 0 bridgehead atoms. The van der Waals surface area contributed by atoms with Gasteiger partial charge in [0.2, 0.25) is 0 Å². The van der Waals surface area contributed by atoms with Crippen molar-refractivity contribution in [3.05, 3.63) is 36.4 Å². The largest absolute Gasteiger partial charge is 0.371 e. The minimum absolute atomic E-state index is 0.361. The summed E-state index contributed by atoms with van der Waals surface area (Å²) in [5.41, 5.74) is 1.21. The van der Waals surface area contributed by atoms with Crippen LogP contribution >= 0.6 is 7.60 Å². The molecule has 124 valence electrons. The third-order valence-electron chi connectivity index (χ3n) is 4.22. The Labute approximate surface area is 137 Å². The Balaban J connectivity index is 2.15. The van der Waals surface area contributed by atoms with Gasteiger partial charge >= 0.3 is 7.60 Å². The second kappa shape index (κ2) is 7.04. The van der Waals surface area contributed by atoms with Gasteiger partial charge in [0.25, 0.3) is 0 Å². The molecule has 0 atom stereocenters. The van der Waals surface area contributed by atoms with Crippen LogP contribution in [0.5, 0.6) is 0 Å². The minimum atomic E-state index is -3.29. The van der Waals surface area contributed by atoms with E-state index in [1.807, 2.05) is 38.1 Å². The van der Waals surface area contributed by atoms with E-state index in [9.17, 15) is 4.57 Å². The van der Waals surface area contributed by atoms with Crippen LogP contribution in [0.25, 0.3) is 10.8 Å². The van der Waals surface area contributed by atoms with Crippen LogP contribution in [-0.4, -0.2) is 26.3 Å². The predicted octanol–water partition coefficient (Wildman–Crippen LogP) is 4.33. The maximum absolute atomic E-state index is 13.2. The van der Waals surface area contributed by atoms with Crippen LogP contribution in [0.3, 0.4) is 0 Å². The monoisotopic (exact) mass is 333 g/mol. The van der Waals surface area contributed by atoms with Crippen LogP contribution in [0.1, 0.15) is 26.7 Å². The normalized spacial score (nSPS) is 15.5. The number of hydrogen-bond acceptors (Lipinski definition) is 4. The van der Waals surface area contributed by atoms with Crippen molar-refractivity contribution in [2.45, 2.75) is 26.7 Å². The molecule has 1 aliphatic rings. The second-order valence-electron chi connectivity index (χ2n) is 5.68. The lowest BCUT2D eigenvalue weighted by Crippen LogP contribution is -2.20. The fourth-order valence-electron chi connectivity index (χ4n) is 3.26. The quantitative estimate of drug-likeness (QED) is 0.738. The van der Waals surface area contributed by atoms with Gasteiger partial charge in [-0.15, -0.1) is 0 Å². The lowest BCUT2D eigenvalue weighted by Gasteiger charge is -2.23. The van der Waals surface area contributed by atoms with Gasteiger partial charge in [0, 0.05) is 24.2 Å². The van der Waals surface area contributed by atoms with Gasteiger partial charge in [-0.3, -0.25) is 4.57 Å². The first-order chi connectivity index (χ1) is 11.2. The van der Waals surface area contributed by atoms with Crippen molar-refractivity contribution in [3.8, 4) is 0 Å². The van der Waals surface area contributed by atoms with E-state index in [0.29, 0.717) is 18.5 Å². The average Bonchev–Trinajstić information content (AvgIpc) is 3.08. The average molecular weight is 333 g/mol. The topological polar surface area (TPSA) is 38.8 Å². The van der Waals surface area contributed by atoms with E-state index in [4.69, 9.17) is 9.05 Å². The van der Waals surface area contributed by atoms with E-state index >= 15 is 0 Å². The van der Waals surface area contributed by atoms with Gasteiger partial charge in [-0.25, -0.2) is 0 Å². The number of hydrogen-bond donors (Lipinski definition) is 0. The summed E-state index contributed by atoms with van der Waals surface area (Å²) in [6.07, 6.45) is 2.46. The van der Waals surface area contributed by atoms with Crippen molar-refractivity contribution < 1.29 is 13.6 Å². The second-order valence-corrected chi connectivity index (χ2v) is 7.67. The lowest BCUT2D eigenvalue weighted by molar-refractivity contribution is 0.230. The SMILES string of the molecule is CCOP(=O)(OCC)c1ccc(N2CCCC2)c2ccccc12. The number of nitrogens with zero attached hydrogens (tertiary/aromatic N) is 1. The van der Waals surface area contributed by atoms with Crippen LogP contribution in [0, 0.1) is 0 Å². The standard InChI is InChI=1S/C18H24NO3P/c1-3-21-23(20,22-4-2)18-12-11-17(19-13-7-8-14-19)15-9-5-6-10-16(15)18/h5-6,9-12H,3-4,7-8,13-14H2,1-2H3. The van der Waals surface area contributed by atoms with Crippen molar-refractivity contribution in [1.29, 1.82) is 0 Å². The highest BCUT2D eigenvalue weighted by atomic mass is 31.2. The zero-order chi connectivity index (χ0) is 16.3. The number of anilines is 1. The minimum Gasteiger partial charge on any atom is -0.371 e. The summed E-state index contributed by atoms with van der Waals surface area (Å²) in [7, 11) is -3.29. The molecule has 2 aromatic rings. The van der Waals surface area contributed by atoms with Gasteiger partial charge in [0.1, 0.15) is 0 Å². The smallest absolute Gasteiger partial charge is 0.361 e. The van der Waals surface area contributed by atoms with Crippen LogP contribution in [-0.2, 0) is 13.6 Å². The van der Waals surface area contributed by atoms with Crippen LogP contribution in [0.2, 0.25) is 0 Å². The van der Waals surface area contributed by atoms with Crippen molar-refractivity contribution in [1.82, 2.24) is 0 Å². The van der Waals surface area contributed by atoms with Gasteiger partial charge < -0.3 is 13.9 Å². The number of fused-ring (bicyclic) bond motifs is 1. The molecule has 0 aromatic heterocycles. The van der Waals surface area contributed by atoms with Crippen molar-refractivity contribution in [2.75, 3.05) is 31.2 Å². The van der Waals surface area contributed by atoms with E-state index in [-0.39, 0.29) is 0 Å². The molecule has 2 aromatic carbocycles. The molecule has 0 aliphatic carbocycles. The lowest BCUT2D eigenvalue weighted by atomic mass is 10.1. The van der Waals surface area contributed by atoms with Crippen molar-refractivity contribution >= 4 is 29.4 Å². The first-order valence-corrected chi connectivity index (χ1v) is 9.90. The number of benzene rings is 2. The third kappa shape index (κ3) is 3.16. The molecule has 0 spiro atoms. The Morgan fingerprint density at radius 1 is 0.957 bits per heavy atom. The Hall–Kier alpha value is -1.35. The summed E-state index contributed by atoms with van der Waals surface area (Å²) in [4.78, 5) is 2.40. The molecule has 0 N–H and O–H groups in total. The highest BCUT2D eigenvalue weighted by Gasteiger charge is 2.30. The summed E-state index contributed by atoms with van der Waals surface area (Å²) < 4.78 is 24.3. The molecule has 0 unspecified atom stereocenters. The molecule has 1 aliphatic heterocycles. The molecular weight excluding hydrogens is 309 g/mol. The first-order valence-electron chi connectivity index (χ1n) is 8.36. The Bertz CT molecular complexity index is 715. The number of rotatable bonds is 6. The molecule has 3 rings (SSSR count). The van der Waals surface area contributed by atoms with E-state index < -0.39 is 7.60 Å². The summed E-state index contributed by atoms with van der Waals surface area (Å²) >= 11 is 0. The molecule has 1 saturated heterocycles. The van der Waals surface area contributed by atoms with E-state index in [1.165, 1.54) is 18.5 Å². The zero-order valence-electron chi connectivity index (χ0n) is 13.8. The molecule has 5 heteroatoms. The summed E-state index contributed by atoms with van der Waals surface area (Å²) in [5, 5.41) is 2.74. The maximum Gasteiger partial charge on any atom is 0.361 e. The molecule has 0 amide bonds. The van der Waals surface area contributed by atoms with Crippen LogP contribution in [0.4, 0.5) is 5.69 Å². The molecule has 0 saturated carbocycles. The maximum atomic E-state index is 13.2. The van der Waals surface area contributed by atoms with Gasteiger partial charge in [-0.2, -0.15) is 0 Å². The highest BCUT2D eigenvalue weighted by Crippen LogP contribution is 2.49. The zero-order valence-corrected chi connectivity index (χ0v) is 14.7. The van der Waals surface area contributed by atoms with Gasteiger partial charge in [-0.05, 0) is 44.2 Å². The molecule has 4 nitrogen and oxygen atoms in total. The predicted molar refractivity (Wildman–Crippen MR) is 95.9 cm³/mol. The van der Waals surface area contributed by atoms with Crippen LogP contribution < -0.4 is 10.2 Å². The van der Waals surface area contributed by atoms with Gasteiger partial charge in [0.05, 0.1) is 18.5 Å². The molecular formula is C18H24NO3P. The molecule has 23 heavy (non-hydrogen) atoms. The summed E-state index contributed by atoms with van der Waals surface area (Å²) in [6.45, 7) is 6.56. The van der Waals surface area contributed by atoms with Crippen molar-refractivity contribution in [2.24, 2.45) is 0 Å². The van der Waals surface area contributed by atoms with Crippen molar-refractivity contribution in [3.63, 3.8) is 0 Å². The fourth-order valence-corrected chi connectivity index (χ4v) is 5.04. The van der Waals surface area contributed by atoms with Crippen LogP contribution in [0.15, 0.2) is 36.4 Å².